The summed E-state index contributed by atoms with van der Waals surface area (Å²) in [6, 6.07) is 0. The summed E-state index contributed by atoms with van der Waals surface area (Å²) in [6.07, 6.45) is 82.4. The summed E-state index contributed by atoms with van der Waals surface area (Å²) in [5, 5.41) is 0. The Morgan fingerprint density at radius 2 is 0.562 bits per heavy atom. The van der Waals surface area contributed by atoms with Crippen molar-refractivity contribution in [1.29, 1.82) is 0 Å². The van der Waals surface area contributed by atoms with Crippen LogP contribution in [0.1, 0.15) is 278 Å². The first-order chi connectivity index (χ1) is 36.0. The number of carbonyl (C=O) groups excluding carboxylic acids is 3. The number of hydrogen-bond donors (Lipinski definition) is 0. The second-order valence-electron chi connectivity index (χ2n) is 19.9. The lowest BCUT2D eigenvalue weighted by Gasteiger charge is -2.18. The molecule has 0 N–H and O–H groups in total. The predicted octanol–water partition coefficient (Wildman–Crippen LogP) is 20.7. The quantitative estimate of drug-likeness (QED) is 0.0261. The van der Waals surface area contributed by atoms with E-state index >= 15 is 0 Å². The molecule has 0 bridgehead atoms. The van der Waals surface area contributed by atoms with Crippen LogP contribution in [0.5, 0.6) is 0 Å². The highest BCUT2D eigenvalue weighted by Crippen LogP contribution is 2.15. The Balaban J connectivity index is 4.38. The molecule has 0 rings (SSSR count). The summed E-state index contributed by atoms with van der Waals surface area (Å²) in [7, 11) is 0. The minimum atomic E-state index is -0.815. The first kappa shape index (κ1) is 69.1. The Morgan fingerprint density at radius 3 is 0.945 bits per heavy atom. The Kier molecular flexibility index (Phi) is 57.4. The van der Waals surface area contributed by atoms with E-state index in [2.05, 4.69) is 124 Å². The zero-order valence-electron chi connectivity index (χ0n) is 47.6. The molecule has 416 valence electrons. The minimum absolute atomic E-state index is 0.106. The van der Waals surface area contributed by atoms with Gasteiger partial charge in [-0.3, -0.25) is 14.4 Å². The van der Waals surface area contributed by atoms with Crippen LogP contribution in [0.15, 0.2) is 109 Å². The van der Waals surface area contributed by atoms with E-state index in [1.54, 1.807) is 0 Å². The average molecular weight is 1010 g/mol. The number of hydrogen-bond acceptors (Lipinski definition) is 6. The Hall–Kier alpha value is -3.93. The maximum absolute atomic E-state index is 12.9. The van der Waals surface area contributed by atoms with Gasteiger partial charge in [0.2, 0.25) is 0 Å². The Morgan fingerprint density at radius 1 is 0.288 bits per heavy atom. The smallest absolute Gasteiger partial charge is 0.306 e. The molecule has 0 aliphatic rings. The molecule has 73 heavy (non-hydrogen) atoms. The Labute approximate surface area is 450 Å². The second kappa shape index (κ2) is 60.6. The van der Waals surface area contributed by atoms with Crippen LogP contribution in [0.4, 0.5) is 0 Å². The second-order valence-corrected chi connectivity index (χ2v) is 19.9. The molecular weight excluding hydrogens is 901 g/mol. The molecule has 0 spiro atoms. The summed E-state index contributed by atoms with van der Waals surface area (Å²) in [5.41, 5.74) is 0. The third-order valence-corrected chi connectivity index (χ3v) is 12.7. The minimum Gasteiger partial charge on any atom is -0.462 e. The zero-order chi connectivity index (χ0) is 52.9. The summed E-state index contributed by atoms with van der Waals surface area (Å²) in [4.78, 5) is 38.2. The molecule has 0 aromatic carbocycles. The van der Waals surface area contributed by atoms with Crippen LogP contribution >= 0.6 is 0 Å². The molecule has 0 aromatic heterocycles. The van der Waals surface area contributed by atoms with Gasteiger partial charge < -0.3 is 14.2 Å². The van der Waals surface area contributed by atoms with Crippen LogP contribution in [0.2, 0.25) is 0 Å². The lowest BCUT2D eigenvalue weighted by Crippen LogP contribution is -2.30. The number of rotatable bonds is 54. The third kappa shape index (κ3) is 58.8. The van der Waals surface area contributed by atoms with Crippen LogP contribution in [-0.2, 0) is 28.6 Å². The van der Waals surface area contributed by atoms with Crippen molar-refractivity contribution in [3.63, 3.8) is 0 Å². The maximum atomic E-state index is 12.9. The SMILES string of the molecule is CC/C=C\C/C=C\C/C=C\C/C=C\CCC(=O)OCC(COC(=O)CCCCCCCCCCCC/C=C\C/C=C\C/C=C\CCCCCCC)OC(=O)CCCCCCCCC/C=C\C/C=C\CCCCC. The molecule has 0 amide bonds. The van der Waals surface area contributed by atoms with Gasteiger partial charge in [0.15, 0.2) is 6.10 Å². The van der Waals surface area contributed by atoms with Gasteiger partial charge in [0, 0.05) is 19.3 Å². The molecule has 0 aliphatic carbocycles. The van der Waals surface area contributed by atoms with E-state index in [0.717, 1.165) is 89.9 Å². The topological polar surface area (TPSA) is 78.9 Å². The molecule has 6 nitrogen and oxygen atoms in total. The van der Waals surface area contributed by atoms with Crippen molar-refractivity contribution in [3.8, 4) is 0 Å². The third-order valence-electron chi connectivity index (χ3n) is 12.7. The molecule has 6 heteroatoms. The van der Waals surface area contributed by atoms with E-state index in [1.807, 2.05) is 6.08 Å². The van der Waals surface area contributed by atoms with Gasteiger partial charge in [0.05, 0.1) is 0 Å². The van der Waals surface area contributed by atoms with E-state index in [1.165, 1.54) is 141 Å². The van der Waals surface area contributed by atoms with Gasteiger partial charge in [0.25, 0.3) is 0 Å². The molecule has 1 unspecified atom stereocenters. The van der Waals surface area contributed by atoms with Gasteiger partial charge in [-0.2, -0.15) is 0 Å². The molecule has 0 fully saturated rings. The van der Waals surface area contributed by atoms with E-state index in [4.69, 9.17) is 14.2 Å². The van der Waals surface area contributed by atoms with E-state index in [9.17, 15) is 14.4 Å². The van der Waals surface area contributed by atoms with Crippen molar-refractivity contribution in [3.05, 3.63) is 109 Å². The van der Waals surface area contributed by atoms with Gasteiger partial charge in [-0.05, 0) is 116 Å². The van der Waals surface area contributed by atoms with Crippen LogP contribution < -0.4 is 0 Å². The average Bonchev–Trinajstić information content (AvgIpc) is 3.39. The van der Waals surface area contributed by atoms with Crippen LogP contribution in [0.3, 0.4) is 0 Å². The lowest BCUT2D eigenvalue weighted by molar-refractivity contribution is -0.166. The fourth-order valence-corrected chi connectivity index (χ4v) is 8.20. The molecule has 0 saturated carbocycles. The molecule has 0 saturated heterocycles. The zero-order valence-corrected chi connectivity index (χ0v) is 47.6. The molecular formula is C67H112O6. The highest BCUT2D eigenvalue weighted by molar-refractivity contribution is 5.71. The molecule has 0 radical (unpaired) electrons. The van der Waals surface area contributed by atoms with Crippen molar-refractivity contribution in [1.82, 2.24) is 0 Å². The van der Waals surface area contributed by atoms with Gasteiger partial charge in [0.1, 0.15) is 13.2 Å². The summed E-state index contributed by atoms with van der Waals surface area (Å²) in [5.74, 6) is -1.00. The van der Waals surface area contributed by atoms with Crippen molar-refractivity contribution in [2.75, 3.05) is 13.2 Å². The summed E-state index contributed by atoms with van der Waals surface area (Å²) < 4.78 is 16.8. The first-order valence-electron chi connectivity index (χ1n) is 30.4. The fourth-order valence-electron chi connectivity index (χ4n) is 8.20. The van der Waals surface area contributed by atoms with Crippen molar-refractivity contribution >= 4 is 17.9 Å². The highest BCUT2D eigenvalue weighted by atomic mass is 16.6. The normalized spacial score (nSPS) is 12.9. The number of esters is 3. The van der Waals surface area contributed by atoms with Gasteiger partial charge in [-0.15, -0.1) is 0 Å². The largest absolute Gasteiger partial charge is 0.462 e. The number of unbranched alkanes of at least 4 members (excludes halogenated alkanes) is 25. The van der Waals surface area contributed by atoms with Crippen LogP contribution in [-0.4, -0.2) is 37.2 Å². The van der Waals surface area contributed by atoms with Crippen LogP contribution in [0.25, 0.3) is 0 Å². The summed E-state index contributed by atoms with van der Waals surface area (Å²) >= 11 is 0. The molecule has 0 heterocycles. The van der Waals surface area contributed by atoms with E-state index < -0.39 is 6.10 Å². The molecule has 0 aliphatic heterocycles. The van der Waals surface area contributed by atoms with Gasteiger partial charge in [-0.1, -0.05) is 252 Å². The Bertz CT molecular complexity index is 1490. The number of carbonyl (C=O) groups is 3. The van der Waals surface area contributed by atoms with E-state index in [-0.39, 0.29) is 37.5 Å². The predicted molar refractivity (Wildman–Crippen MR) is 316 cm³/mol. The fraction of sp³-hybridized carbons (Fsp3) is 0.687. The summed E-state index contributed by atoms with van der Waals surface area (Å²) in [6.45, 7) is 6.42. The van der Waals surface area contributed by atoms with Crippen LogP contribution in [0, 0.1) is 0 Å². The van der Waals surface area contributed by atoms with Gasteiger partial charge in [-0.25, -0.2) is 0 Å². The maximum Gasteiger partial charge on any atom is 0.306 e. The lowest BCUT2D eigenvalue weighted by atomic mass is 10.1. The standard InChI is InChI=1S/C67H112O6/c1-4-7-10-13-16-19-22-25-27-29-30-31-32-33-34-35-36-38-39-42-45-48-51-54-57-60-66(69)72-63-64(62-71-65(68)59-56-53-50-47-44-41-24-21-18-15-12-9-6-3)73-67(70)61-58-55-52-49-46-43-40-37-28-26-23-20-17-14-11-8-5-2/h9,12,17-18,20-22,25-26,28-30,32-33,41,44,50,53,64H,4-8,10-11,13-16,19,23-24,27,31,34-40,42-43,45-49,51-52,54-63H2,1-3H3/b12-9-,20-17-,21-18-,25-22-,28-26-,30-29-,33-32-,44-41-,53-50-. The van der Waals surface area contributed by atoms with Crippen molar-refractivity contribution < 1.29 is 28.6 Å². The molecule has 1 atom stereocenters. The first-order valence-corrected chi connectivity index (χ1v) is 30.4. The number of allylic oxidation sites excluding steroid dienone is 18. The van der Waals surface area contributed by atoms with Crippen molar-refractivity contribution in [2.24, 2.45) is 0 Å². The number of ether oxygens (including phenoxy) is 3. The highest BCUT2D eigenvalue weighted by Gasteiger charge is 2.19. The van der Waals surface area contributed by atoms with Gasteiger partial charge >= 0.3 is 17.9 Å². The molecule has 0 aromatic rings. The monoisotopic (exact) mass is 1010 g/mol. The van der Waals surface area contributed by atoms with E-state index in [0.29, 0.717) is 19.3 Å². The van der Waals surface area contributed by atoms with Crippen molar-refractivity contribution in [2.45, 2.75) is 284 Å².